The summed E-state index contributed by atoms with van der Waals surface area (Å²) in [6.45, 7) is 6.65. The summed E-state index contributed by atoms with van der Waals surface area (Å²) in [5.74, 6) is 2.43. The van der Waals surface area contributed by atoms with Gasteiger partial charge in [0.15, 0.2) is 11.5 Å². The first kappa shape index (κ1) is 38.7. The third-order valence-electron chi connectivity index (χ3n) is 12.3. The number of nitrogens with one attached hydrogen (secondary N) is 2. The predicted octanol–water partition coefficient (Wildman–Crippen LogP) is 6.54. The fourth-order valence-electron chi connectivity index (χ4n) is 8.97. The van der Waals surface area contributed by atoms with E-state index in [1.165, 1.54) is 12.8 Å². The van der Waals surface area contributed by atoms with Gasteiger partial charge in [-0.2, -0.15) is 5.26 Å². The first-order valence-electron chi connectivity index (χ1n) is 20.5. The van der Waals surface area contributed by atoms with E-state index in [2.05, 4.69) is 59.6 Å². The topological polar surface area (TPSA) is 149 Å². The van der Waals surface area contributed by atoms with Crippen LogP contribution in [-0.2, 0) is 11.3 Å². The van der Waals surface area contributed by atoms with Crippen LogP contribution in [0.4, 0.5) is 16.3 Å². The number of anilines is 2. The first-order valence-corrected chi connectivity index (χ1v) is 20.8. The molecule has 1 aliphatic carbocycles. The SMILES string of the molecule is N#Cc1ccc(OC2CCC(NC(=O)c3ccc(N4CCC(CN5CCC(CCn6ccc7c(N8CCC(=O)NC8=O)cccc76)CC5)CC4)nn3)CC2)cc1Cl. The van der Waals surface area contributed by atoms with Crippen LogP contribution in [0.1, 0.15) is 80.3 Å². The Morgan fingerprint density at radius 2 is 1.70 bits per heavy atom. The van der Waals surface area contributed by atoms with Crippen molar-refractivity contribution in [2.45, 2.75) is 82.9 Å². The lowest BCUT2D eigenvalue weighted by Crippen LogP contribution is -2.49. The number of halogens is 1. The lowest BCUT2D eigenvalue weighted by Gasteiger charge is -2.38. The summed E-state index contributed by atoms with van der Waals surface area (Å²) >= 11 is 6.15. The van der Waals surface area contributed by atoms with Crippen molar-refractivity contribution in [2.24, 2.45) is 11.8 Å². The number of aromatic nitrogens is 3. The molecule has 0 unspecified atom stereocenters. The van der Waals surface area contributed by atoms with Crippen molar-refractivity contribution >= 4 is 51.9 Å². The fourth-order valence-corrected chi connectivity index (χ4v) is 9.19. The lowest BCUT2D eigenvalue weighted by molar-refractivity contribution is -0.120. The zero-order chi connectivity index (χ0) is 39.3. The zero-order valence-corrected chi connectivity index (χ0v) is 33.0. The number of benzene rings is 2. The molecule has 13 nitrogen and oxygen atoms in total. The van der Waals surface area contributed by atoms with Crippen LogP contribution in [0.5, 0.6) is 5.75 Å². The Morgan fingerprint density at radius 1 is 0.912 bits per heavy atom. The average molecular weight is 792 g/mol. The van der Waals surface area contributed by atoms with E-state index in [0.717, 1.165) is 107 Å². The molecular weight excluding hydrogens is 742 g/mol. The minimum Gasteiger partial charge on any atom is -0.490 e. The molecule has 2 N–H and O–H groups in total. The Balaban J connectivity index is 0.728. The smallest absolute Gasteiger partial charge is 0.328 e. The summed E-state index contributed by atoms with van der Waals surface area (Å²) < 4.78 is 8.40. The van der Waals surface area contributed by atoms with Gasteiger partial charge in [-0.15, -0.1) is 10.2 Å². The molecule has 298 valence electrons. The molecule has 0 bridgehead atoms. The molecule has 14 heteroatoms. The number of urea groups is 1. The summed E-state index contributed by atoms with van der Waals surface area (Å²) in [6.07, 6.45) is 11.5. The number of likely N-dealkylation sites (tertiary alicyclic amines) is 1. The number of aryl methyl sites for hydroxylation is 1. The Morgan fingerprint density at radius 3 is 2.42 bits per heavy atom. The van der Waals surface area contributed by atoms with Crippen LogP contribution in [0.15, 0.2) is 60.8 Å². The van der Waals surface area contributed by atoms with Crippen LogP contribution in [-0.4, -0.2) is 88.9 Å². The van der Waals surface area contributed by atoms with E-state index in [1.807, 2.05) is 18.2 Å². The van der Waals surface area contributed by atoms with Gasteiger partial charge >= 0.3 is 6.03 Å². The normalized spacial score (nSPS) is 21.3. The van der Waals surface area contributed by atoms with E-state index in [4.69, 9.17) is 21.6 Å². The van der Waals surface area contributed by atoms with Gasteiger partial charge in [0.1, 0.15) is 11.8 Å². The summed E-state index contributed by atoms with van der Waals surface area (Å²) in [7, 11) is 0. The highest BCUT2D eigenvalue weighted by Crippen LogP contribution is 2.32. The number of piperidine rings is 2. The number of imide groups is 1. The highest BCUT2D eigenvalue weighted by molar-refractivity contribution is 6.31. The molecule has 5 heterocycles. The minimum absolute atomic E-state index is 0.0386. The summed E-state index contributed by atoms with van der Waals surface area (Å²) in [5, 5.41) is 24.8. The van der Waals surface area contributed by atoms with Crippen molar-refractivity contribution in [3.8, 4) is 11.8 Å². The van der Waals surface area contributed by atoms with E-state index in [0.29, 0.717) is 46.8 Å². The molecule has 4 aromatic rings. The molecule has 4 amide bonds. The maximum atomic E-state index is 13.0. The quantitative estimate of drug-likeness (QED) is 0.173. The van der Waals surface area contributed by atoms with Crippen molar-refractivity contribution in [1.82, 2.24) is 30.3 Å². The van der Waals surface area contributed by atoms with E-state index in [-0.39, 0.29) is 30.0 Å². The van der Waals surface area contributed by atoms with Gasteiger partial charge in [-0.25, -0.2) is 4.79 Å². The number of hydrogen-bond acceptors (Lipinski definition) is 9. The van der Waals surface area contributed by atoms with Crippen molar-refractivity contribution in [3.63, 3.8) is 0 Å². The van der Waals surface area contributed by atoms with E-state index in [1.54, 1.807) is 29.2 Å². The molecule has 1 saturated carbocycles. The van der Waals surface area contributed by atoms with Crippen molar-refractivity contribution in [1.29, 1.82) is 5.26 Å². The lowest BCUT2D eigenvalue weighted by atomic mass is 9.91. The summed E-state index contributed by atoms with van der Waals surface area (Å²) in [6, 6.07) is 18.8. The molecule has 4 fully saturated rings. The molecular formula is C43H50ClN9O4. The highest BCUT2D eigenvalue weighted by atomic mass is 35.5. The van der Waals surface area contributed by atoms with Gasteiger partial charge < -0.3 is 24.4 Å². The molecule has 3 saturated heterocycles. The molecule has 0 atom stereocenters. The number of hydrogen-bond donors (Lipinski definition) is 2. The molecule has 0 spiro atoms. The Bertz CT molecular complexity index is 2110. The Hall–Kier alpha value is -5.19. The summed E-state index contributed by atoms with van der Waals surface area (Å²) in [5.41, 5.74) is 2.74. The van der Waals surface area contributed by atoms with Crippen LogP contribution in [0.2, 0.25) is 5.02 Å². The monoisotopic (exact) mass is 791 g/mol. The van der Waals surface area contributed by atoms with E-state index in [9.17, 15) is 14.4 Å². The average Bonchev–Trinajstić information content (AvgIpc) is 3.65. The Kier molecular flexibility index (Phi) is 11.9. The maximum Gasteiger partial charge on any atom is 0.328 e. The molecule has 8 rings (SSSR count). The highest BCUT2D eigenvalue weighted by Gasteiger charge is 2.29. The van der Waals surface area contributed by atoms with Gasteiger partial charge in [-0.3, -0.25) is 19.8 Å². The third kappa shape index (κ3) is 9.18. The second-order valence-corrected chi connectivity index (χ2v) is 16.4. The number of nitrogens with zero attached hydrogens (tertiary/aromatic N) is 7. The molecule has 3 aliphatic heterocycles. The van der Waals surface area contributed by atoms with Crippen molar-refractivity contribution in [2.75, 3.05) is 49.1 Å². The van der Waals surface area contributed by atoms with Crippen LogP contribution in [0.3, 0.4) is 0 Å². The fraction of sp³-hybridized carbons (Fsp3) is 0.488. The van der Waals surface area contributed by atoms with Gasteiger partial charge in [0.2, 0.25) is 5.91 Å². The van der Waals surface area contributed by atoms with Crippen LogP contribution in [0.25, 0.3) is 10.9 Å². The number of ether oxygens (including phenoxy) is 1. The molecule has 4 aliphatic rings. The standard InChI is InChI=1S/C43H50ClN9O4/c44-36-26-34(7-4-31(36)27-45)57-33-8-5-32(6-9-33)46-42(55)37-10-11-40(49-48-37)52-22-15-30(16-23-52)28-50-19-12-29(13-20-50)14-21-51-24-17-35-38(51)2-1-3-39(35)53-25-18-41(54)47-43(53)56/h1-4,7,10-11,17,24,26,29-30,32-33H,5-6,8-9,12-16,18-23,25,28H2,(H,46,55)(H,47,54,56). The van der Waals surface area contributed by atoms with Gasteiger partial charge in [0.05, 0.1) is 27.9 Å². The summed E-state index contributed by atoms with van der Waals surface area (Å²) in [4.78, 5) is 43.8. The maximum absolute atomic E-state index is 13.0. The number of rotatable bonds is 11. The van der Waals surface area contributed by atoms with Gasteiger partial charge in [0.25, 0.3) is 5.91 Å². The van der Waals surface area contributed by atoms with Gasteiger partial charge in [0, 0.05) is 62.8 Å². The molecule has 57 heavy (non-hydrogen) atoms. The zero-order valence-electron chi connectivity index (χ0n) is 32.2. The minimum atomic E-state index is -0.349. The number of carbonyl (C=O) groups is 3. The van der Waals surface area contributed by atoms with Crippen LogP contribution < -0.4 is 25.2 Å². The molecule has 0 radical (unpaired) electrons. The third-order valence-corrected chi connectivity index (χ3v) is 12.6. The van der Waals surface area contributed by atoms with Crippen molar-refractivity contribution < 1.29 is 19.1 Å². The van der Waals surface area contributed by atoms with E-state index < -0.39 is 0 Å². The van der Waals surface area contributed by atoms with Crippen LogP contribution >= 0.6 is 11.6 Å². The number of amides is 4. The van der Waals surface area contributed by atoms with Crippen LogP contribution in [0, 0.1) is 23.2 Å². The van der Waals surface area contributed by atoms with Gasteiger partial charge in [-0.05, 0) is 125 Å². The Labute approximate surface area is 338 Å². The second-order valence-electron chi connectivity index (χ2n) is 16.0. The molecule has 2 aromatic heterocycles. The predicted molar refractivity (Wildman–Crippen MR) is 218 cm³/mol. The van der Waals surface area contributed by atoms with Crippen molar-refractivity contribution in [3.05, 3.63) is 77.1 Å². The number of fused-ring (bicyclic) bond motifs is 1. The number of nitriles is 1. The first-order chi connectivity index (χ1) is 27.8. The second kappa shape index (κ2) is 17.5. The van der Waals surface area contributed by atoms with E-state index >= 15 is 0 Å². The molecule has 2 aromatic carbocycles. The van der Waals surface area contributed by atoms with Gasteiger partial charge in [-0.1, -0.05) is 17.7 Å². The number of carbonyl (C=O) groups excluding carboxylic acids is 3. The largest absolute Gasteiger partial charge is 0.490 e.